The fraction of sp³-hybridized carbons (Fsp3) is 0.545. The van der Waals surface area contributed by atoms with Crippen molar-refractivity contribution in [2.75, 3.05) is 37.8 Å². The van der Waals surface area contributed by atoms with Crippen LogP contribution in [0, 0.1) is 0 Å². The fourth-order valence-corrected chi connectivity index (χ4v) is 1.87. The maximum absolute atomic E-state index is 11.8. The molecular formula is C11H14ClN3O3. The van der Waals surface area contributed by atoms with Gasteiger partial charge in [-0.15, -0.1) is 0 Å². The first-order valence-electron chi connectivity index (χ1n) is 5.74. The number of carbonyl (C=O) groups excluding carboxylic acids is 1. The lowest BCUT2D eigenvalue weighted by Gasteiger charge is -2.29. The number of carbonyl (C=O) groups is 1. The molecule has 2 rings (SSSR count). The zero-order chi connectivity index (χ0) is 13.0. The maximum Gasteiger partial charge on any atom is 0.359 e. The number of halogens is 1. The van der Waals surface area contributed by atoms with Gasteiger partial charge in [-0.1, -0.05) is 0 Å². The standard InChI is InChI=1S/C11H14ClN3O3/c1-2-18-10(16)9-8(7-13-11(12)14-9)15-3-5-17-6-4-15/h7H,2-6H2,1H3. The minimum absolute atomic E-state index is 0.0371. The van der Waals surface area contributed by atoms with E-state index in [2.05, 4.69) is 9.97 Å². The van der Waals surface area contributed by atoms with Crippen molar-refractivity contribution < 1.29 is 14.3 Å². The van der Waals surface area contributed by atoms with Crippen LogP contribution in [0.1, 0.15) is 17.4 Å². The molecule has 0 N–H and O–H groups in total. The summed E-state index contributed by atoms with van der Waals surface area (Å²) in [4.78, 5) is 21.7. The Balaban J connectivity index is 2.30. The van der Waals surface area contributed by atoms with Gasteiger partial charge in [-0.2, -0.15) is 0 Å². The molecule has 0 atom stereocenters. The van der Waals surface area contributed by atoms with Crippen molar-refractivity contribution in [3.63, 3.8) is 0 Å². The average molecular weight is 272 g/mol. The molecule has 98 valence electrons. The topological polar surface area (TPSA) is 64.5 Å². The third-order valence-corrected chi connectivity index (χ3v) is 2.74. The molecule has 0 bridgehead atoms. The molecule has 0 amide bonds. The van der Waals surface area contributed by atoms with Crippen LogP contribution in [0.15, 0.2) is 6.20 Å². The van der Waals surface area contributed by atoms with E-state index in [1.165, 1.54) is 0 Å². The lowest BCUT2D eigenvalue weighted by atomic mass is 10.3. The predicted octanol–water partition coefficient (Wildman–Crippen LogP) is 1.14. The van der Waals surface area contributed by atoms with Gasteiger partial charge in [-0.25, -0.2) is 14.8 Å². The summed E-state index contributed by atoms with van der Waals surface area (Å²) >= 11 is 5.73. The summed E-state index contributed by atoms with van der Waals surface area (Å²) in [7, 11) is 0. The first-order valence-corrected chi connectivity index (χ1v) is 6.12. The number of hydrogen-bond donors (Lipinski definition) is 0. The normalized spacial score (nSPS) is 15.6. The third kappa shape index (κ3) is 2.88. The maximum atomic E-state index is 11.8. The first kappa shape index (κ1) is 13.0. The van der Waals surface area contributed by atoms with E-state index in [0.717, 1.165) is 0 Å². The molecule has 0 saturated carbocycles. The van der Waals surface area contributed by atoms with Gasteiger partial charge >= 0.3 is 5.97 Å². The second kappa shape index (κ2) is 5.97. The first-order chi connectivity index (χ1) is 8.72. The quantitative estimate of drug-likeness (QED) is 0.607. The Hall–Kier alpha value is -1.40. The van der Waals surface area contributed by atoms with Crippen molar-refractivity contribution in [3.8, 4) is 0 Å². The van der Waals surface area contributed by atoms with Crippen molar-refractivity contribution in [1.29, 1.82) is 0 Å². The number of nitrogens with zero attached hydrogens (tertiary/aromatic N) is 3. The van der Waals surface area contributed by atoms with Gasteiger partial charge in [-0.05, 0) is 18.5 Å². The van der Waals surface area contributed by atoms with Gasteiger partial charge in [0.1, 0.15) is 0 Å². The summed E-state index contributed by atoms with van der Waals surface area (Å²) in [5.41, 5.74) is 0.847. The Morgan fingerprint density at radius 2 is 2.28 bits per heavy atom. The van der Waals surface area contributed by atoms with E-state index >= 15 is 0 Å². The molecule has 7 heteroatoms. The SMILES string of the molecule is CCOC(=O)c1nc(Cl)ncc1N1CCOCC1. The number of esters is 1. The van der Waals surface area contributed by atoms with Gasteiger partial charge in [0.2, 0.25) is 5.28 Å². The predicted molar refractivity (Wildman–Crippen MR) is 66.0 cm³/mol. The Labute approximate surface area is 110 Å². The molecule has 1 saturated heterocycles. The lowest BCUT2D eigenvalue weighted by Crippen LogP contribution is -2.37. The Kier molecular flexibility index (Phi) is 4.33. The molecule has 0 aromatic carbocycles. The molecule has 0 radical (unpaired) electrons. The van der Waals surface area contributed by atoms with Gasteiger partial charge in [0.15, 0.2) is 5.69 Å². The summed E-state index contributed by atoms with van der Waals surface area (Å²) in [6.07, 6.45) is 1.55. The highest BCUT2D eigenvalue weighted by Crippen LogP contribution is 2.21. The number of ether oxygens (including phenoxy) is 2. The lowest BCUT2D eigenvalue weighted by molar-refractivity contribution is 0.0519. The fourth-order valence-electron chi connectivity index (χ4n) is 1.74. The molecule has 1 aromatic rings. The molecule has 0 unspecified atom stereocenters. The molecule has 18 heavy (non-hydrogen) atoms. The van der Waals surface area contributed by atoms with Crippen molar-refractivity contribution >= 4 is 23.3 Å². The average Bonchev–Trinajstić information content (AvgIpc) is 2.40. The molecule has 6 nitrogen and oxygen atoms in total. The van der Waals surface area contributed by atoms with E-state index in [9.17, 15) is 4.79 Å². The minimum atomic E-state index is -0.483. The highest BCUT2D eigenvalue weighted by Gasteiger charge is 2.22. The molecule has 0 spiro atoms. The molecule has 0 aliphatic carbocycles. The van der Waals surface area contributed by atoms with Gasteiger partial charge in [0.05, 0.1) is 31.7 Å². The largest absolute Gasteiger partial charge is 0.461 e. The smallest absolute Gasteiger partial charge is 0.359 e. The van der Waals surface area contributed by atoms with Crippen LogP contribution in [0.2, 0.25) is 5.28 Å². The number of hydrogen-bond acceptors (Lipinski definition) is 6. The number of rotatable bonds is 3. The van der Waals surface area contributed by atoms with Crippen LogP contribution in [0.25, 0.3) is 0 Å². The van der Waals surface area contributed by atoms with E-state index in [0.29, 0.717) is 38.6 Å². The zero-order valence-corrected chi connectivity index (χ0v) is 10.8. The summed E-state index contributed by atoms with van der Waals surface area (Å²) < 4.78 is 10.2. The van der Waals surface area contributed by atoms with Crippen LogP contribution < -0.4 is 4.90 Å². The highest BCUT2D eigenvalue weighted by molar-refractivity contribution is 6.28. The summed E-state index contributed by atoms with van der Waals surface area (Å²) in [5, 5.41) is 0.0371. The monoisotopic (exact) mass is 271 g/mol. The van der Waals surface area contributed by atoms with E-state index in [-0.39, 0.29) is 11.0 Å². The summed E-state index contributed by atoms with van der Waals surface area (Å²) in [6, 6.07) is 0. The Morgan fingerprint density at radius 3 is 2.94 bits per heavy atom. The Bertz CT molecular complexity index is 436. The van der Waals surface area contributed by atoms with Crippen LogP contribution in [-0.4, -0.2) is 48.8 Å². The van der Waals surface area contributed by atoms with Crippen LogP contribution in [0.5, 0.6) is 0 Å². The van der Waals surface area contributed by atoms with Crippen molar-refractivity contribution in [2.24, 2.45) is 0 Å². The number of morpholine rings is 1. The van der Waals surface area contributed by atoms with Crippen molar-refractivity contribution in [2.45, 2.75) is 6.92 Å². The van der Waals surface area contributed by atoms with E-state index in [1.54, 1.807) is 13.1 Å². The minimum Gasteiger partial charge on any atom is -0.461 e. The van der Waals surface area contributed by atoms with Crippen molar-refractivity contribution in [3.05, 3.63) is 17.2 Å². The van der Waals surface area contributed by atoms with Gasteiger partial charge in [0, 0.05) is 13.1 Å². The molecule has 1 aliphatic heterocycles. The van der Waals surface area contributed by atoms with E-state index in [1.807, 2.05) is 4.90 Å². The summed E-state index contributed by atoms with van der Waals surface area (Å²) in [5.74, 6) is -0.483. The second-order valence-corrected chi connectivity index (χ2v) is 4.03. The van der Waals surface area contributed by atoms with Crippen LogP contribution in [-0.2, 0) is 9.47 Å². The summed E-state index contributed by atoms with van der Waals surface area (Å²) in [6.45, 7) is 4.66. The van der Waals surface area contributed by atoms with Gasteiger partial charge < -0.3 is 14.4 Å². The molecule has 1 fully saturated rings. The van der Waals surface area contributed by atoms with Crippen molar-refractivity contribution in [1.82, 2.24) is 9.97 Å². The Morgan fingerprint density at radius 1 is 1.56 bits per heavy atom. The van der Waals surface area contributed by atoms with Gasteiger partial charge in [0.25, 0.3) is 0 Å². The van der Waals surface area contributed by atoms with E-state index < -0.39 is 5.97 Å². The number of anilines is 1. The second-order valence-electron chi connectivity index (χ2n) is 3.69. The van der Waals surface area contributed by atoms with Gasteiger partial charge in [-0.3, -0.25) is 0 Å². The third-order valence-electron chi connectivity index (χ3n) is 2.56. The van der Waals surface area contributed by atoms with Crippen LogP contribution in [0.3, 0.4) is 0 Å². The molecule has 1 aromatic heterocycles. The van der Waals surface area contributed by atoms with Crippen LogP contribution >= 0.6 is 11.6 Å². The number of aromatic nitrogens is 2. The van der Waals surface area contributed by atoms with E-state index in [4.69, 9.17) is 21.1 Å². The van der Waals surface area contributed by atoms with Crippen LogP contribution in [0.4, 0.5) is 5.69 Å². The molecule has 1 aliphatic rings. The molecular weight excluding hydrogens is 258 g/mol. The molecule has 2 heterocycles. The zero-order valence-electron chi connectivity index (χ0n) is 10.1. The highest BCUT2D eigenvalue weighted by atomic mass is 35.5.